The molecule has 1 aromatic carbocycles. The summed E-state index contributed by atoms with van der Waals surface area (Å²) in [6.45, 7) is 7.13. The first kappa shape index (κ1) is 23.5. The quantitative estimate of drug-likeness (QED) is 0.639. The van der Waals surface area contributed by atoms with Gasteiger partial charge in [-0.3, -0.25) is 4.79 Å². The molecule has 0 saturated carbocycles. The predicted octanol–water partition coefficient (Wildman–Crippen LogP) is 4.05. The van der Waals surface area contributed by atoms with Crippen molar-refractivity contribution < 1.29 is 9.18 Å². The molecule has 0 unspecified atom stereocenters. The minimum absolute atomic E-state index is 0.144. The zero-order valence-electron chi connectivity index (χ0n) is 19.8. The van der Waals surface area contributed by atoms with E-state index in [0.717, 1.165) is 37.3 Å². The highest BCUT2D eigenvalue weighted by Crippen LogP contribution is 2.37. The Morgan fingerprint density at radius 1 is 1.06 bits per heavy atom. The van der Waals surface area contributed by atoms with Crippen LogP contribution in [0, 0.1) is 0 Å². The first-order valence-electron chi connectivity index (χ1n) is 12.5. The van der Waals surface area contributed by atoms with Crippen LogP contribution in [0.15, 0.2) is 30.6 Å². The van der Waals surface area contributed by atoms with Crippen molar-refractivity contribution in [3.8, 4) is 0 Å². The Morgan fingerprint density at radius 2 is 1.76 bits per heavy atom. The largest absolute Gasteiger partial charge is 0.353 e. The number of likely N-dealkylation sites (tertiary alicyclic amines) is 1. The number of halogens is 2. The Labute approximate surface area is 206 Å². The van der Waals surface area contributed by atoms with Gasteiger partial charge in [0, 0.05) is 62.1 Å². The minimum Gasteiger partial charge on any atom is -0.353 e. The van der Waals surface area contributed by atoms with Gasteiger partial charge in [0.1, 0.15) is 18.3 Å². The Hall–Kier alpha value is -2.25. The molecule has 8 heteroatoms. The monoisotopic (exact) mass is 485 g/mol. The van der Waals surface area contributed by atoms with E-state index in [4.69, 9.17) is 11.6 Å². The SMILES string of the molecule is C[C@@H]1CCc2ncnc(N3CCN(C(=O)[C@H](CN4CCC(F)CC4)c4ccc(Cl)cc4)CC3)c21. The van der Waals surface area contributed by atoms with Gasteiger partial charge in [-0.15, -0.1) is 0 Å². The zero-order valence-corrected chi connectivity index (χ0v) is 20.6. The molecule has 1 amide bonds. The third kappa shape index (κ3) is 4.91. The molecule has 2 fully saturated rings. The fraction of sp³-hybridized carbons (Fsp3) is 0.577. The molecule has 6 nitrogen and oxygen atoms in total. The smallest absolute Gasteiger partial charge is 0.231 e. The number of piperidine rings is 1. The summed E-state index contributed by atoms with van der Waals surface area (Å²) in [5.41, 5.74) is 3.44. The van der Waals surface area contributed by atoms with Gasteiger partial charge in [-0.25, -0.2) is 14.4 Å². The lowest BCUT2D eigenvalue weighted by Gasteiger charge is -2.39. The van der Waals surface area contributed by atoms with E-state index in [1.807, 2.05) is 29.2 Å². The third-order valence-electron chi connectivity index (χ3n) is 7.67. The molecule has 2 atom stereocenters. The van der Waals surface area contributed by atoms with E-state index in [2.05, 4.69) is 26.7 Å². The Bertz CT molecular complexity index is 1000. The molecule has 182 valence electrons. The highest BCUT2D eigenvalue weighted by Gasteiger charge is 2.33. The normalized spacial score (nSPS) is 22.6. The molecule has 3 aliphatic rings. The van der Waals surface area contributed by atoms with Gasteiger partial charge in [0.25, 0.3) is 0 Å². The van der Waals surface area contributed by atoms with Gasteiger partial charge in [0.05, 0.1) is 5.92 Å². The first-order chi connectivity index (χ1) is 16.5. The number of fused-ring (bicyclic) bond motifs is 1. The molecular formula is C26H33ClFN5O. The van der Waals surface area contributed by atoms with Crippen molar-refractivity contribution in [2.24, 2.45) is 0 Å². The summed E-state index contributed by atoms with van der Waals surface area (Å²) in [6, 6.07) is 7.60. The van der Waals surface area contributed by atoms with Crippen LogP contribution < -0.4 is 4.90 Å². The number of hydrogen-bond donors (Lipinski definition) is 0. The number of carbonyl (C=O) groups is 1. The van der Waals surface area contributed by atoms with Crippen molar-refractivity contribution in [1.82, 2.24) is 19.8 Å². The average Bonchev–Trinajstić information content (AvgIpc) is 3.25. The van der Waals surface area contributed by atoms with Crippen molar-refractivity contribution in [3.63, 3.8) is 0 Å². The Balaban J connectivity index is 1.29. The predicted molar refractivity (Wildman–Crippen MR) is 132 cm³/mol. The van der Waals surface area contributed by atoms with Crippen LogP contribution in [-0.4, -0.2) is 77.7 Å². The van der Waals surface area contributed by atoms with Crippen LogP contribution in [0.3, 0.4) is 0 Å². The van der Waals surface area contributed by atoms with Crippen molar-refractivity contribution in [2.75, 3.05) is 50.7 Å². The van der Waals surface area contributed by atoms with Gasteiger partial charge in [0.2, 0.25) is 5.91 Å². The van der Waals surface area contributed by atoms with Crippen LogP contribution >= 0.6 is 11.6 Å². The maximum absolute atomic E-state index is 13.8. The lowest BCUT2D eigenvalue weighted by atomic mass is 9.95. The fourth-order valence-corrected chi connectivity index (χ4v) is 5.72. The molecule has 5 rings (SSSR count). The number of piperazine rings is 1. The fourth-order valence-electron chi connectivity index (χ4n) is 5.60. The van der Waals surface area contributed by atoms with Gasteiger partial charge < -0.3 is 14.7 Å². The number of anilines is 1. The minimum atomic E-state index is -0.722. The van der Waals surface area contributed by atoms with Gasteiger partial charge in [-0.05, 0) is 49.3 Å². The number of nitrogens with zero attached hydrogens (tertiary/aromatic N) is 5. The summed E-state index contributed by atoms with van der Waals surface area (Å²) in [5.74, 6) is 1.40. The van der Waals surface area contributed by atoms with E-state index in [0.29, 0.717) is 56.5 Å². The molecule has 0 spiro atoms. The molecule has 0 N–H and O–H groups in total. The number of aromatic nitrogens is 2. The van der Waals surface area contributed by atoms with E-state index in [9.17, 15) is 9.18 Å². The molecule has 2 aliphatic heterocycles. The van der Waals surface area contributed by atoms with E-state index in [1.165, 1.54) is 11.3 Å². The van der Waals surface area contributed by atoms with Gasteiger partial charge >= 0.3 is 0 Å². The number of benzene rings is 1. The summed E-state index contributed by atoms with van der Waals surface area (Å²) in [7, 11) is 0. The molecule has 2 saturated heterocycles. The number of rotatable bonds is 5. The summed E-state index contributed by atoms with van der Waals surface area (Å²) in [5, 5.41) is 0.661. The van der Waals surface area contributed by atoms with Crippen LogP contribution in [0.5, 0.6) is 0 Å². The lowest BCUT2D eigenvalue weighted by Crippen LogP contribution is -2.52. The third-order valence-corrected chi connectivity index (χ3v) is 7.92. The molecule has 0 bridgehead atoms. The highest BCUT2D eigenvalue weighted by atomic mass is 35.5. The summed E-state index contributed by atoms with van der Waals surface area (Å²) in [6.07, 6.45) is 4.19. The first-order valence-corrected chi connectivity index (χ1v) is 12.9. The van der Waals surface area contributed by atoms with Gasteiger partial charge in [-0.2, -0.15) is 0 Å². The second-order valence-corrected chi connectivity index (χ2v) is 10.3. The number of alkyl halides is 1. The van der Waals surface area contributed by atoms with Gasteiger partial charge in [-0.1, -0.05) is 30.7 Å². The molecule has 34 heavy (non-hydrogen) atoms. The number of carbonyl (C=O) groups excluding carboxylic acids is 1. The lowest BCUT2D eigenvalue weighted by molar-refractivity contribution is -0.133. The maximum atomic E-state index is 13.8. The van der Waals surface area contributed by atoms with Crippen LogP contribution in [0.25, 0.3) is 0 Å². The number of aryl methyl sites for hydroxylation is 1. The molecule has 1 aromatic heterocycles. The molecule has 0 radical (unpaired) electrons. The summed E-state index contributed by atoms with van der Waals surface area (Å²) < 4.78 is 13.7. The Kier molecular flexibility index (Phi) is 7.02. The van der Waals surface area contributed by atoms with Crippen molar-refractivity contribution in [3.05, 3.63) is 52.4 Å². The van der Waals surface area contributed by atoms with Crippen LogP contribution in [0.2, 0.25) is 5.02 Å². The van der Waals surface area contributed by atoms with Crippen LogP contribution in [0.1, 0.15) is 54.8 Å². The van der Waals surface area contributed by atoms with E-state index >= 15 is 0 Å². The van der Waals surface area contributed by atoms with Crippen LogP contribution in [-0.2, 0) is 11.2 Å². The standard InChI is InChI=1S/C26H33ClFN5O/c1-18-2-7-23-24(18)25(30-17-29-23)32-12-14-33(15-13-32)26(34)22(19-3-5-20(27)6-4-19)16-31-10-8-21(28)9-11-31/h3-6,17-18,21-22H,2,7-16H2,1H3/t18-,22-/m1/s1. The molecular weight excluding hydrogens is 453 g/mol. The number of amides is 1. The molecule has 3 heterocycles. The van der Waals surface area contributed by atoms with E-state index in [-0.39, 0.29) is 11.8 Å². The zero-order chi connectivity index (χ0) is 23.7. The van der Waals surface area contributed by atoms with Crippen molar-refractivity contribution in [2.45, 2.75) is 50.6 Å². The van der Waals surface area contributed by atoms with Gasteiger partial charge in [0.15, 0.2) is 0 Å². The second-order valence-electron chi connectivity index (χ2n) is 9.89. The molecule has 1 aliphatic carbocycles. The van der Waals surface area contributed by atoms with Crippen molar-refractivity contribution in [1.29, 1.82) is 0 Å². The number of hydrogen-bond acceptors (Lipinski definition) is 5. The van der Waals surface area contributed by atoms with Crippen molar-refractivity contribution >= 4 is 23.3 Å². The maximum Gasteiger partial charge on any atom is 0.231 e. The van der Waals surface area contributed by atoms with E-state index < -0.39 is 6.17 Å². The van der Waals surface area contributed by atoms with E-state index in [1.54, 1.807) is 6.33 Å². The Morgan fingerprint density at radius 3 is 2.47 bits per heavy atom. The summed E-state index contributed by atoms with van der Waals surface area (Å²) >= 11 is 6.11. The summed E-state index contributed by atoms with van der Waals surface area (Å²) in [4.78, 5) is 29.4. The second kappa shape index (κ2) is 10.2. The highest BCUT2D eigenvalue weighted by molar-refractivity contribution is 6.30. The topological polar surface area (TPSA) is 52.6 Å². The van der Waals surface area contributed by atoms with Crippen LogP contribution in [0.4, 0.5) is 10.2 Å². The molecule has 2 aromatic rings. The average molecular weight is 486 g/mol.